The molecule has 0 saturated carbocycles. The van der Waals surface area contributed by atoms with Crippen molar-refractivity contribution >= 4 is 17.3 Å². The molecule has 0 radical (unpaired) electrons. The molecule has 100 valence electrons. The highest BCUT2D eigenvalue weighted by atomic mass is 35.5. The molecule has 0 aliphatic carbocycles. The zero-order valence-electron chi connectivity index (χ0n) is 11.1. The molecule has 0 aromatic heterocycles. The molecule has 0 heterocycles. The van der Waals surface area contributed by atoms with E-state index in [9.17, 15) is 4.39 Å². The summed E-state index contributed by atoms with van der Waals surface area (Å²) in [5, 5.41) is 4.12. The summed E-state index contributed by atoms with van der Waals surface area (Å²) in [5.41, 5.74) is 2.83. The lowest BCUT2D eigenvalue weighted by Crippen LogP contribution is -2.18. The molecule has 1 unspecified atom stereocenters. The van der Waals surface area contributed by atoms with E-state index in [2.05, 4.69) is 12.2 Å². The summed E-state index contributed by atoms with van der Waals surface area (Å²) >= 11 is 5.86. The van der Waals surface area contributed by atoms with E-state index in [0.29, 0.717) is 5.56 Å². The number of aryl methyl sites for hydroxylation is 1. The van der Waals surface area contributed by atoms with Crippen LogP contribution < -0.4 is 5.32 Å². The number of nitrogens with one attached hydrogen (secondary N) is 1. The van der Waals surface area contributed by atoms with E-state index < -0.39 is 0 Å². The summed E-state index contributed by atoms with van der Waals surface area (Å²) in [5.74, 6) is -0.170. The fourth-order valence-corrected chi connectivity index (χ4v) is 2.17. The highest BCUT2D eigenvalue weighted by molar-refractivity contribution is 6.30. The first-order valence-corrected chi connectivity index (χ1v) is 6.69. The van der Waals surface area contributed by atoms with Crippen LogP contribution in [0.1, 0.15) is 18.1 Å². The maximum atomic E-state index is 13.2. The summed E-state index contributed by atoms with van der Waals surface area (Å²) in [6.45, 7) is 3.87. The zero-order chi connectivity index (χ0) is 13.8. The lowest BCUT2D eigenvalue weighted by molar-refractivity contribution is 0.618. The minimum Gasteiger partial charge on any atom is -0.382 e. The molecule has 2 rings (SSSR count). The summed E-state index contributed by atoms with van der Waals surface area (Å²) in [7, 11) is 0. The summed E-state index contributed by atoms with van der Waals surface area (Å²) in [6, 6.07) is 13.2. The van der Waals surface area contributed by atoms with Gasteiger partial charge in [-0.1, -0.05) is 23.7 Å². The maximum Gasteiger partial charge on any atom is 0.126 e. The summed E-state index contributed by atoms with van der Waals surface area (Å²) in [4.78, 5) is 0. The van der Waals surface area contributed by atoms with Gasteiger partial charge in [0.05, 0.1) is 0 Å². The Morgan fingerprint density at radius 3 is 2.47 bits per heavy atom. The molecule has 0 saturated heterocycles. The summed E-state index contributed by atoms with van der Waals surface area (Å²) < 4.78 is 13.2. The average Bonchev–Trinajstić information content (AvgIpc) is 2.37. The molecule has 0 aliphatic heterocycles. The van der Waals surface area contributed by atoms with E-state index in [1.54, 1.807) is 13.0 Å². The van der Waals surface area contributed by atoms with Gasteiger partial charge in [0, 0.05) is 16.8 Å². The molecular weight excluding hydrogens is 261 g/mol. The van der Waals surface area contributed by atoms with E-state index in [0.717, 1.165) is 17.1 Å². The normalized spacial score (nSPS) is 12.2. The molecule has 1 atom stereocenters. The van der Waals surface area contributed by atoms with Crippen LogP contribution in [0.3, 0.4) is 0 Å². The van der Waals surface area contributed by atoms with Gasteiger partial charge in [-0.2, -0.15) is 0 Å². The van der Waals surface area contributed by atoms with Gasteiger partial charge >= 0.3 is 0 Å². The van der Waals surface area contributed by atoms with Crippen molar-refractivity contribution < 1.29 is 4.39 Å². The number of anilines is 1. The standard InChI is InChI=1S/C16H17ClFN/c1-11-9-15(7-8-16(11)18)19-12(2)10-13-3-5-14(17)6-4-13/h3-9,12,19H,10H2,1-2H3. The van der Waals surface area contributed by atoms with Crippen molar-refractivity contribution in [3.05, 3.63) is 64.4 Å². The van der Waals surface area contributed by atoms with Gasteiger partial charge < -0.3 is 5.32 Å². The van der Waals surface area contributed by atoms with Crippen molar-refractivity contribution in [3.8, 4) is 0 Å². The van der Waals surface area contributed by atoms with Crippen LogP contribution in [0.4, 0.5) is 10.1 Å². The van der Waals surface area contributed by atoms with Crippen LogP contribution in [0.15, 0.2) is 42.5 Å². The minimum atomic E-state index is -0.170. The Morgan fingerprint density at radius 2 is 1.84 bits per heavy atom. The van der Waals surface area contributed by atoms with E-state index in [1.807, 2.05) is 30.3 Å². The van der Waals surface area contributed by atoms with E-state index in [4.69, 9.17) is 11.6 Å². The van der Waals surface area contributed by atoms with Crippen LogP contribution in [0, 0.1) is 12.7 Å². The van der Waals surface area contributed by atoms with Gasteiger partial charge in [0.2, 0.25) is 0 Å². The van der Waals surface area contributed by atoms with Crippen molar-refractivity contribution in [3.63, 3.8) is 0 Å². The van der Waals surface area contributed by atoms with E-state index in [-0.39, 0.29) is 11.9 Å². The Morgan fingerprint density at radius 1 is 1.16 bits per heavy atom. The number of hydrogen-bond donors (Lipinski definition) is 1. The van der Waals surface area contributed by atoms with Crippen LogP contribution in [0.2, 0.25) is 5.02 Å². The lowest BCUT2D eigenvalue weighted by atomic mass is 10.1. The van der Waals surface area contributed by atoms with Crippen LogP contribution in [0.25, 0.3) is 0 Å². The van der Waals surface area contributed by atoms with Gasteiger partial charge in [-0.15, -0.1) is 0 Å². The molecule has 2 aromatic rings. The smallest absolute Gasteiger partial charge is 0.126 e. The fourth-order valence-electron chi connectivity index (χ4n) is 2.04. The van der Waals surface area contributed by atoms with Crippen molar-refractivity contribution in [2.24, 2.45) is 0 Å². The summed E-state index contributed by atoms with van der Waals surface area (Å²) in [6.07, 6.45) is 0.896. The van der Waals surface area contributed by atoms with E-state index in [1.165, 1.54) is 11.6 Å². The third-order valence-electron chi connectivity index (χ3n) is 3.03. The van der Waals surface area contributed by atoms with Gasteiger partial charge in [0.15, 0.2) is 0 Å². The van der Waals surface area contributed by atoms with Gasteiger partial charge in [-0.25, -0.2) is 4.39 Å². The molecule has 0 bridgehead atoms. The van der Waals surface area contributed by atoms with Gasteiger partial charge in [0.25, 0.3) is 0 Å². The fraction of sp³-hybridized carbons (Fsp3) is 0.250. The van der Waals surface area contributed by atoms with Crippen LogP contribution >= 0.6 is 11.6 Å². The molecule has 1 nitrogen and oxygen atoms in total. The minimum absolute atomic E-state index is 0.170. The first-order chi connectivity index (χ1) is 9.04. The third-order valence-corrected chi connectivity index (χ3v) is 3.28. The third kappa shape index (κ3) is 3.97. The Hall–Kier alpha value is -1.54. The lowest BCUT2D eigenvalue weighted by Gasteiger charge is -2.16. The van der Waals surface area contributed by atoms with Gasteiger partial charge in [0.1, 0.15) is 5.82 Å². The Balaban J connectivity index is 1.98. The molecule has 19 heavy (non-hydrogen) atoms. The topological polar surface area (TPSA) is 12.0 Å². The molecule has 0 amide bonds. The molecule has 0 fully saturated rings. The van der Waals surface area contributed by atoms with Crippen molar-refractivity contribution in [1.82, 2.24) is 0 Å². The second-order valence-electron chi connectivity index (χ2n) is 4.84. The second-order valence-corrected chi connectivity index (χ2v) is 5.28. The largest absolute Gasteiger partial charge is 0.382 e. The maximum absolute atomic E-state index is 13.2. The predicted molar refractivity (Wildman–Crippen MR) is 79.4 cm³/mol. The first kappa shape index (κ1) is 13.9. The van der Waals surface area contributed by atoms with Crippen LogP contribution in [-0.2, 0) is 6.42 Å². The van der Waals surface area contributed by atoms with Crippen LogP contribution in [0.5, 0.6) is 0 Å². The first-order valence-electron chi connectivity index (χ1n) is 6.32. The molecule has 3 heteroatoms. The molecule has 1 N–H and O–H groups in total. The zero-order valence-corrected chi connectivity index (χ0v) is 11.8. The highest BCUT2D eigenvalue weighted by Crippen LogP contribution is 2.16. The van der Waals surface area contributed by atoms with Crippen molar-refractivity contribution in [2.45, 2.75) is 26.3 Å². The molecule has 0 spiro atoms. The number of halogens is 2. The Bertz CT molecular complexity index is 551. The van der Waals surface area contributed by atoms with E-state index >= 15 is 0 Å². The monoisotopic (exact) mass is 277 g/mol. The quantitative estimate of drug-likeness (QED) is 0.844. The van der Waals surface area contributed by atoms with Crippen molar-refractivity contribution in [1.29, 1.82) is 0 Å². The SMILES string of the molecule is Cc1cc(NC(C)Cc2ccc(Cl)cc2)ccc1F. The number of benzene rings is 2. The van der Waals surface area contributed by atoms with Gasteiger partial charge in [-0.3, -0.25) is 0 Å². The Kier molecular flexibility index (Phi) is 4.43. The number of hydrogen-bond acceptors (Lipinski definition) is 1. The highest BCUT2D eigenvalue weighted by Gasteiger charge is 2.05. The number of rotatable bonds is 4. The Labute approximate surface area is 118 Å². The second kappa shape index (κ2) is 6.07. The molecule has 2 aromatic carbocycles. The van der Waals surface area contributed by atoms with Crippen molar-refractivity contribution in [2.75, 3.05) is 5.32 Å². The molecular formula is C16H17ClFN. The molecule has 0 aliphatic rings. The predicted octanol–water partition coefficient (Wildman–Crippen LogP) is 4.83. The van der Waals surface area contributed by atoms with Crippen LogP contribution in [-0.4, -0.2) is 6.04 Å². The van der Waals surface area contributed by atoms with Gasteiger partial charge in [-0.05, 0) is 61.7 Å². The average molecular weight is 278 g/mol.